The molecule has 6 nitrogen and oxygen atoms in total. The van der Waals surface area contributed by atoms with Gasteiger partial charge in [-0.2, -0.15) is 0 Å². The molecule has 4 rings (SSSR count). The summed E-state index contributed by atoms with van der Waals surface area (Å²) in [7, 11) is 1.57. The number of hydrogen-bond acceptors (Lipinski definition) is 5. The maximum Gasteiger partial charge on any atom is 0.222 e. The Bertz CT molecular complexity index is 956. The van der Waals surface area contributed by atoms with Crippen molar-refractivity contribution < 1.29 is 23.8 Å². The SMILES string of the molecule is COc1ccc2c(c1)C(=O)CC1(CCN(C(=O)CCCOc3ccccc3C)C1)O2. The van der Waals surface area contributed by atoms with Crippen LogP contribution in [-0.2, 0) is 4.79 Å². The fourth-order valence-corrected chi connectivity index (χ4v) is 4.17. The number of methoxy groups -OCH3 is 1. The average molecular weight is 409 g/mol. The number of nitrogens with zero attached hydrogens (tertiary/aromatic N) is 1. The van der Waals surface area contributed by atoms with E-state index < -0.39 is 5.60 Å². The highest BCUT2D eigenvalue weighted by atomic mass is 16.5. The van der Waals surface area contributed by atoms with Crippen molar-refractivity contribution in [3.8, 4) is 17.2 Å². The third-order valence-corrected chi connectivity index (χ3v) is 5.85. The number of Topliss-reactive ketones (excluding diaryl/α,β-unsaturated/α-hetero) is 1. The molecule has 2 aliphatic heterocycles. The number of benzene rings is 2. The van der Waals surface area contributed by atoms with Gasteiger partial charge in [0.05, 0.1) is 32.2 Å². The summed E-state index contributed by atoms with van der Waals surface area (Å²) in [6.45, 7) is 3.56. The van der Waals surface area contributed by atoms with Gasteiger partial charge in [0.2, 0.25) is 5.91 Å². The number of aryl methyl sites for hydroxylation is 1. The van der Waals surface area contributed by atoms with Gasteiger partial charge < -0.3 is 19.1 Å². The van der Waals surface area contributed by atoms with E-state index in [0.29, 0.717) is 56.0 Å². The van der Waals surface area contributed by atoms with E-state index in [1.165, 1.54) is 0 Å². The maximum absolute atomic E-state index is 12.7. The molecule has 1 amide bonds. The Morgan fingerprint density at radius 2 is 2.07 bits per heavy atom. The molecule has 1 saturated heterocycles. The van der Waals surface area contributed by atoms with Crippen LogP contribution in [0.25, 0.3) is 0 Å². The smallest absolute Gasteiger partial charge is 0.222 e. The monoisotopic (exact) mass is 409 g/mol. The second kappa shape index (κ2) is 8.38. The summed E-state index contributed by atoms with van der Waals surface area (Å²) in [5, 5.41) is 0. The van der Waals surface area contributed by atoms with Crippen LogP contribution in [0.5, 0.6) is 17.2 Å². The molecule has 30 heavy (non-hydrogen) atoms. The van der Waals surface area contributed by atoms with Gasteiger partial charge in [-0.3, -0.25) is 9.59 Å². The predicted molar refractivity (Wildman–Crippen MR) is 112 cm³/mol. The molecule has 2 aliphatic rings. The average Bonchev–Trinajstić information content (AvgIpc) is 3.15. The van der Waals surface area contributed by atoms with Gasteiger partial charge in [-0.15, -0.1) is 0 Å². The predicted octanol–water partition coefficient (Wildman–Crippen LogP) is 3.80. The quantitative estimate of drug-likeness (QED) is 0.679. The number of carbonyl (C=O) groups is 2. The van der Waals surface area contributed by atoms with Gasteiger partial charge in [-0.1, -0.05) is 18.2 Å². The maximum atomic E-state index is 12.7. The largest absolute Gasteiger partial charge is 0.497 e. The van der Waals surface area contributed by atoms with E-state index in [-0.39, 0.29) is 18.1 Å². The molecule has 2 aromatic rings. The van der Waals surface area contributed by atoms with Crippen LogP contribution < -0.4 is 14.2 Å². The standard InChI is InChI=1S/C24H27NO5/c1-17-6-3-4-7-21(17)29-13-5-8-23(27)25-12-11-24(16-25)15-20(26)19-14-18(28-2)9-10-22(19)30-24/h3-4,6-7,9-10,14H,5,8,11-13,15-16H2,1-2H3. The van der Waals surface area contributed by atoms with Crippen molar-refractivity contribution >= 4 is 11.7 Å². The van der Waals surface area contributed by atoms with Crippen LogP contribution in [0, 0.1) is 6.92 Å². The van der Waals surface area contributed by atoms with Gasteiger partial charge in [0.1, 0.15) is 22.8 Å². The van der Waals surface area contributed by atoms with Gasteiger partial charge in [0.15, 0.2) is 5.78 Å². The molecule has 0 bridgehead atoms. The highest BCUT2D eigenvalue weighted by Gasteiger charge is 2.46. The molecule has 1 unspecified atom stereocenters. The number of hydrogen-bond donors (Lipinski definition) is 0. The van der Waals surface area contributed by atoms with E-state index >= 15 is 0 Å². The van der Waals surface area contributed by atoms with Crippen LogP contribution in [0.4, 0.5) is 0 Å². The summed E-state index contributed by atoms with van der Waals surface area (Å²) < 4.78 is 17.2. The van der Waals surface area contributed by atoms with E-state index in [4.69, 9.17) is 14.2 Å². The van der Waals surface area contributed by atoms with E-state index in [9.17, 15) is 9.59 Å². The number of carbonyl (C=O) groups excluding carboxylic acids is 2. The van der Waals surface area contributed by atoms with Crippen molar-refractivity contribution in [2.45, 2.75) is 38.2 Å². The van der Waals surface area contributed by atoms with E-state index in [1.54, 1.807) is 25.3 Å². The summed E-state index contributed by atoms with van der Waals surface area (Å²) in [4.78, 5) is 27.2. The number of ketones is 1. The number of para-hydroxylation sites is 1. The Morgan fingerprint density at radius 3 is 2.87 bits per heavy atom. The molecule has 2 aromatic carbocycles. The van der Waals surface area contributed by atoms with Crippen molar-refractivity contribution in [3.05, 3.63) is 53.6 Å². The Labute approximate surface area is 176 Å². The highest BCUT2D eigenvalue weighted by Crippen LogP contribution is 2.40. The van der Waals surface area contributed by atoms with Crippen LogP contribution in [0.15, 0.2) is 42.5 Å². The van der Waals surface area contributed by atoms with Crippen LogP contribution in [0.2, 0.25) is 0 Å². The van der Waals surface area contributed by atoms with Gasteiger partial charge in [-0.05, 0) is 43.2 Å². The van der Waals surface area contributed by atoms with E-state index in [0.717, 1.165) is 11.3 Å². The Kier molecular flexibility index (Phi) is 5.66. The zero-order valence-corrected chi connectivity index (χ0v) is 17.5. The molecule has 1 fully saturated rings. The number of rotatable bonds is 6. The van der Waals surface area contributed by atoms with Gasteiger partial charge >= 0.3 is 0 Å². The summed E-state index contributed by atoms with van der Waals surface area (Å²) in [5.74, 6) is 2.19. The fraction of sp³-hybridized carbons (Fsp3) is 0.417. The Balaban J connectivity index is 1.31. The molecule has 2 heterocycles. The Morgan fingerprint density at radius 1 is 1.23 bits per heavy atom. The van der Waals surface area contributed by atoms with Crippen molar-refractivity contribution in [1.29, 1.82) is 0 Å². The molecular formula is C24H27NO5. The van der Waals surface area contributed by atoms with E-state index in [2.05, 4.69) is 0 Å². The number of amides is 1. The second-order valence-corrected chi connectivity index (χ2v) is 8.03. The van der Waals surface area contributed by atoms with Crippen LogP contribution in [0.1, 0.15) is 41.6 Å². The van der Waals surface area contributed by atoms with Crippen LogP contribution >= 0.6 is 0 Å². The lowest BCUT2D eigenvalue weighted by molar-refractivity contribution is -0.131. The first kappa shape index (κ1) is 20.3. The van der Waals surface area contributed by atoms with Crippen molar-refractivity contribution in [2.24, 2.45) is 0 Å². The first-order valence-corrected chi connectivity index (χ1v) is 10.4. The number of fused-ring (bicyclic) bond motifs is 1. The molecular weight excluding hydrogens is 382 g/mol. The van der Waals surface area contributed by atoms with Crippen LogP contribution in [-0.4, -0.2) is 49.0 Å². The second-order valence-electron chi connectivity index (χ2n) is 8.03. The molecule has 0 aromatic heterocycles. The zero-order valence-electron chi connectivity index (χ0n) is 17.5. The van der Waals surface area contributed by atoms with Gasteiger partial charge in [0, 0.05) is 19.4 Å². The molecule has 0 aliphatic carbocycles. The van der Waals surface area contributed by atoms with E-state index in [1.807, 2.05) is 36.1 Å². The lowest BCUT2D eigenvalue weighted by Crippen LogP contribution is -2.45. The molecule has 158 valence electrons. The molecule has 6 heteroatoms. The topological polar surface area (TPSA) is 65.1 Å². The minimum atomic E-state index is -0.619. The lowest BCUT2D eigenvalue weighted by Gasteiger charge is -2.34. The normalized spacial score (nSPS) is 20.1. The summed E-state index contributed by atoms with van der Waals surface area (Å²) in [6, 6.07) is 13.1. The first-order chi connectivity index (χ1) is 14.5. The van der Waals surface area contributed by atoms with Crippen molar-refractivity contribution in [2.75, 3.05) is 26.8 Å². The molecule has 0 saturated carbocycles. The number of ether oxygens (including phenoxy) is 3. The van der Waals surface area contributed by atoms with Crippen molar-refractivity contribution in [3.63, 3.8) is 0 Å². The third kappa shape index (κ3) is 4.13. The first-order valence-electron chi connectivity index (χ1n) is 10.4. The van der Waals surface area contributed by atoms with Crippen LogP contribution in [0.3, 0.4) is 0 Å². The summed E-state index contributed by atoms with van der Waals surface area (Å²) in [6.07, 6.45) is 2.02. The molecule has 1 spiro atoms. The highest BCUT2D eigenvalue weighted by molar-refractivity contribution is 6.01. The minimum absolute atomic E-state index is 0.0380. The zero-order chi connectivity index (χ0) is 21.1. The fourth-order valence-electron chi connectivity index (χ4n) is 4.17. The van der Waals surface area contributed by atoms with Crippen molar-refractivity contribution in [1.82, 2.24) is 4.90 Å². The summed E-state index contributed by atoms with van der Waals surface area (Å²) >= 11 is 0. The lowest BCUT2D eigenvalue weighted by atomic mass is 9.89. The number of likely N-dealkylation sites (tertiary alicyclic amines) is 1. The summed E-state index contributed by atoms with van der Waals surface area (Å²) in [5.41, 5.74) is 1.02. The third-order valence-electron chi connectivity index (χ3n) is 5.85. The Hall–Kier alpha value is -3.02. The molecule has 0 radical (unpaired) electrons. The molecule has 1 atom stereocenters. The van der Waals surface area contributed by atoms with Gasteiger partial charge in [0.25, 0.3) is 0 Å². The van der Waals surface area contributed by atoms with Gasteiger partial charge in [-0.25, -0.2) is 0 Å². The molecule has 0 N–H and O–H groups in total. The minimum Gasteiger partial charge on any atom is -0.497 e.